The molecule has 0 saturated carbocycles. The normalized spacial score (nSPS) is 10.6. The van der Waals surface area contributed by atoms with Gasteiger partial charge in [-0.3, -0.25) is 4.79 Å². The molecule has 2 rings (SSSR count). The van der Waals surface area contributed by atoms with E-state index in [-0.39, 0.29) is 5.91 Å². The third-order valence-corrected chi connectivity index (χ3v) is 3.46. The van der Waals surface area contributed by atoms with E-state index >= 15 is 0 Å². The number of benzene rings is 1. The highest BCUT2D eigenvalue weighted by Gasteiger charge is 2.07. The average molecular weight is 333 g/mol. The largest absolute Gasteiger partial charge is 0.370 e. The van der Waals surface area contributed by atoms with Crippen molar-refractivity contribution in [1.29, 1.82) is 0 Å². The molecule has 1 amide bonds. The predicted octanol–water partition coefficient (Wildman–Crippen LogP) is 3.35. The molecule has 0 atom stereocenters. The number of carbonyl (C=O) groups is 1. The van der Waals surface area contributed by atoms with E-state index in [1.807, 2.05) is 14.1 Å². The molecule has 1 heterocycles. The van der Waals surface area contributed by atoms with Crippen LogP contribution in [0.2, 0.25) is 5.02 Å². The van der Waals surface area contributed by atoms with Crippen LogP contribution < -0.4 is 10.6 Å². The Morgan fingerprint density at radius 1 is 1.22 bits per heavy atom. The number of nitrogens with one attached hydrogen (secondary N) is 2. The molecule has 122 valence electrons. The molecule has 0 fully saturated rings. The van der Waals surface area contributed by atoms with Crippen LogP contribution in [0.15, 0.2) is 42.6 Å². The lowest BCUT2D eigenvalue weighted by Gasteiger charge is -2.11. The maximum Gasteiger partial charge on any atom is 0.255 e. The number of carbonyl (C=O) groups excluding carboxylic acids is 1. The van der Waals surface area contributed by atoms with E-state index in [0.717, 1.165) is 19.5 Å². The molecule has 0 aliphatic carbocycles. The minimum Gasteiger partial charge on any atom is -0.370 e. The number of rotatable bonds is 7. The van der Waals surface area contributed by atoms with Crippen molar-refractivity contribution in [2.75, 3.05) is 37.8 Å². The van der Waals surface area contributed by atoms with Crippen molar-refractivity contribution < 1.29 is 4.79 Å². The number of halogens is 1. The minimum absolute atomic E-state index is 0.175. The van der Waals surface area contributed by atoms with Gasteiger partial charge in [0, 0.05) is 29.0 Å². The van der Waals surface area contributed by atoms with Crippen LogP contribution in [0.1, 0.15) is 16.8 Å². The summed E-state index contributed by atoms with van der Waals surface area (Å²) in [6, 6.07) is 10.4. The molecule has 0 aliphatic rings. The first-order valence-corrected chi connectivity index (χ1v) is 7.84. The molecule has 0 aliphatic heterocycles. The smallest absolute Gasteiger partial charge is 0.255 e. The lowest BCUT2D eigenvalue weighted by Crippen LogP contribution is -2.17. The quantitative estimate of drug-likeness (QED) is 0.763. The van der Waals surface area contributed by atoms with Gasteiger partial charge in [-0.1, -0.05) is 11.6 Å². The zero-order valence-corrected chi connectivity index (χ0v) is 14.1. The lowest BCUT2D eigenvalue weighted by atomic mass is 10.2. The number of pyridine rings is 1. The van der Waals surface area contributed by atoms with Gasteiger partial charge < -0.3 is 15.5 Å². The van der Waals surface area contributed by atoms with Crippen LogP contribution in [-0.2, 0) is 0 Å². The Kier molecular flexibility index (Phi) is 6.38. The van der Waals surface area contributed by atoms with Crippen LogP contribution in [0.25, 0.3) is 0 Å². The van der Waals surface area contributed by atoms with E-state index < -0.39 is 0 Å². The van der Waals surface area contributed by atoms with Crippen molar-refractivity contribution in [3.63, 3.8) is 0 Å². The third kappa shape index (κ3) is 5.88. The summed E-state index contributed by atoms with van der Waals surface area (Å²) < 4.78 is 0. The molecule has 23 heavy (non-hydrogen) atoms. The first kappa shape index (κ1) is 17.2. The summed E-state index contributed by atoms with van der Waals surface area (Å²) in [5, 5.41) is 6.70. The fourth-order valence-electron chi connectivity index (χ4n) is 2.02. The molecule has 2 aromatic rings. The molecule has 1 aromatic carbocycles. The van der Waals surface area contributed by atoms with Crippen molar-refractivity contribution in [1.82, 2.24) is 9.88 Å². The van der Waals surface area contributed by atoms with Crippen molar-refractivity contribution in [2.45, 2.75) is 6.42 Å². The molecular weight excluding hydrogens is 312 g/mol. The summed E-state index contributed by atoms with van der Waals surface area (Å²) in [5.74, 6) is 0.526. The monoisotopic (exact) mass is 332 g/mol. The number of aromatic nitrogens is 1. The first-order valence-electron chi connectivity index (χ1n) is 7.46. The van der Waals surface area contributed by atoms with E-state index in [1.165, 1.54) is 0 Å². The molecule has 0 saturated heterocycles. The topological polar surface area (TPSA) is 57.3 Å². The number of hydrogen-bond donors (Lipinski definition) is 2. The summed E-state index contributed by atoms with van der Waals surface area (Å²) in [5.41, 5.74) is 1.27. The highest BCUT2D eigenvalue weighted by Crippen LogP contribution is 2.15. The zero-order valence-electron chi connectivity index (χ0n) is 13.3. The Hall–Kier alpha value is -2.11. The Labute approximate surface area is 141 Å². The molecule has 5 nitrogen and oxygen atoms in total. The number of amides is 1. The number of anilines is 2. The maximum atomic E-state index is 12.3. The van der Waals surface area contributed by atoms with Gasteiger partial charge in [0.2, 0.25) is 0 Å². The van der Waals surface area contributed by atoms with Crippen LogP contribution in [-0.4, -0.2) is 43.0 Å². The fraction of sp³-hybridized carbons (Fsp3) is 0.294. The van der Waals surface area contributed by atoms with E-state index in [4.69, 9.17) is 11.6 Å². The van der Waals surface area contributed by atoms with Crippen LogP contribution in [0, 0.1) is 0 Å². The Morgan fingerprint density at radius 3 is 2.65 bits per heavy atom. The molecule has 6 heteroatoms. The van der Waals surface area contributed by atoms with Crippen molar-refractivity contribution >= 4 is 29.0 Å². The summed E-state index contributed by atoms with van der Waals surface area (Å²) in [7, 11) is 4.08. The van der Waals surface area contributed by atoms with Gasteiger partial charge in [0.05, 0.1) is 0 Å². The second-order valence-electron chi connectivity index (χ2n) is 5.47. The average Bonchev–Trinajstić information content (AvgIpc) is 2.54. The van der Waals surface area contributed by atoms with Crippen LogP contribution >= 0.6 is 11.6 Å². The van der Waals surface area contributed by atoms with E-state index in [2.05, 4.69) is 20.5 Å². The Balaban J connectivity index is 1.92. The van der Waals surface area contributed by atoms with Crippen molar-refractivity contribution in [3.8, 4) is 0 Å². The van der Waals surface area contributed by atoms with Gasteiger partial charge in [0.25, 0.3) is 5.91 Å². The van der Waals surface area contributed by atoms with E-state index in [0.29, 0.717) is 22.1 Å². The van der Waals surface area contributed by atoms with Gasteiger partial charge in [-0.25, -0.2) is 4.98 Å². The second-order valence-corrected chi connectivity index (χ2v) is 5.91. The van der Waals surface area contributed by atoms with Crippen LogP contribution in [0.5, 0.6) is 0 Å². The molecule has 1 aromatic heterocycles. The highest BCUT2D eigenvalue weighted by molar-refractivity contribution is 6.30. The lowest BCUT2D eigenvalue weighted by molar-refractivity contribution is 0.102. The minimum atomic E-state index is -0.175. The zero-order chi connectivity index (χ0) is 16.7. The van der Waals surface area contributed by atoms with Gasteiger partial charge in [-0.05, 0) is 63.5 Å². The molecule has 0 unspecified atom stereocenters. The summed E-state index contributed by atoms with van der Waals surface area (Å²) in [4.78, 5) is 18.6. The highest BCUT2D eigenvalue weighted by atomic mass is 35.5. The van der Waals surface area contributed by atoms with Crippen LogP contribution in [0.4, 0.5) is 11.5 Å². The van der Waals surface area contributed by atoms with Gasteiger partial charge in [0.1, 0.15) is 5.82 Å². The maximum absolute atomic E-state index is 12.3. The second kappa shape index (κ2) is 8.50. The van der Waals surface area contributed by atoms with E-state index in [1.54, 1.807) is 42.6 Å². The molecule has 2 N–H and O–H groups in total. The summed E-state index contributed by atoms with van der Waals surface area (Å²) in [6.45, 7) is 1.82. The summed E-state index contributed by atoms with van der Waals surface area (Å²) in [6.07, 6.45) is 2.64. The third-order valence-electron chi connectivity index (χ3n) is 3.21. The molecule has 0 radical (unpaired) electrons. The Morgan fingerprint density at radius 2 is 1.96 bits per heavy atom. The fourth-order valence-corrected chi connectivity index (χ4v) is 2.14. The molecule has 0 spiro atoms. The van der Waals surface area contributed by atoms with Gasteiger partial charge in [-0.2, -0.15) is 0 Å². The van der Waals surface area contributed by atoms with Gasteiger partial charge in [0.15, 0.2) is 0 Å². The molecular formula is C17H21ClN4O. The van der Waals surface area contributed by atoms with Gasteiger partial charge >= 0.3 is 0 Å². The molecule has 0 bridgehead atoms. The van der Waals surface area contributed by atoms with Crippen LogP contribution in [0.3, 0.4) is 0 Å². The first-order chi connectivity index (χ1) is 11.0. The Bertz CT molecular complexity index is 643. The summed E-state index contributed by atoms with van der Waals surface area (Å²) >= 11 is 5.83. The number of hydrogen-bond acceptors (Lipinski definition) is 4. The predicted molar refractivity (Wildman–Crippen MR) is 95.3 cm³/mol. The SMILES string of the molecule is CN(C)CCCNc1cc(C(=O)Nc2ccc(Cl)cc2)ccn1. The number of nitrogens with zero attached hydrogens (tertiary/aromatic N) is 2. The van der Waals surface area contributed by atoms with E-state index in [9.17, 15) is 4.79 Å². The van der Waals surface area contributed by atoms with Crippen molar-refractivity contribution in [2.24, 2.45) is 0 Å². The van der Waals surface area contributed by atoms with Crippen molar-refractivity contribution in [3.05, 3.63) is 53.2 Å². The van der Waals surface area contributed by atoms with Gasteiger partial charge in [-0.15, -0.1) is 0 Å². The standard InChI is InChI=1S/C17H21ClN4O/c1-22(2)11-3-9-19-16-12-13(8-10-20-16)17(23)21-15-6-4-14(18)5-7-15/h4-8,10,12H,3,9,11H2,1-2H3,(H,19,20)(H,21,23).